The molecule has 2 aromatic carbocycles. The van der Waals surface area contributed by atoms with Crippen LogP contribution in [0.15, 0.2) is 48.5 Å². The van der Waals surface area contributed by atoms with Crippen molar-refractivity contribution in [1.29, 1.82) is 0 Å². The number of rotatable bonds is 5. The van der Waals surface area contributed by atoms with Gasteiger partial charge in [-0.05, 0) is 24.7 Å². The smallest absolute Gasteiger partial charge is 0.228 e. The molecule has 6 heteroatoms. The van der Waals surface area contributed by atoms with E-state index in [9.17, 15) is 0 Å². The second-order valence-corrected chi connectivity index (χ2v) is 6.86. The fourth-order valence-electron chi connectivity index (χ4n) is 3.34. The Kier molecular flexibility index (Phi) is 5.07. The number of ether oxygens (including phenoxy) is 1. The van der Waals surface area contributed by atoms with E-state index in [1.165, 1.54) is 5.56 Å². The van der Waals surface area contributed by atoms with Crippen LogP contribution in [0.5, 0.6) is 5.75 Å². The largest absolute Gasteiger partial charge is 0.494 e. The Morgan fingerprint density at radius 2 is 1.74 bits per heavy atom. The van der Waals surface area contributed by atoms with Crippen molar-refractivity contribution in [2.75, 3.05) is 50.6 Å². The van der Waals surface area contributed by atoms with Crippen LogP contribution >= 0.6 is 0 Å². The number of piperazine rings is 1. The first kappa shape index (κ1) is 17.5. The first-order valence-corrected chi connectivity index (χ1v) is 9.30. The fraction of sp³-hybridized carbons (Fsp3) is 0.333. The Hall–Kier alpha value is -2.86. The predicted octanol–water partition coefficient (Wildman–Crippen LogP) is 3.00. The van der Waals surface area contributed by atoms with Crippen LogP contribution in [0.1, 0.15) is 5.56 Å². The first-order valence-electron chi connectivity index (χ1n) is 9.30. The minimum atomic E-state index is 0.715. The van der Waals surface area contributed by atoms with Gasteiger partial charge < -0.3 is 19.9 Å². The molecule has 3 aromatic rings. The standard InChI is InChI=1S/C21H25N5O/c1-25-11-13-26(14-12-25)21-23-19-17(9-6-10-18(19)27-2)20(24-21)22-15-16-7-4-3-5-8-16/h3-10H,11-15H2,1-2H3,(H,22,23,24). The summed E-state index contributed by atoms with van der Waals surface area (Å²) in [6.45, 7) is 4.59. The Labute approximate surface area is 159 Å². The van der Waals surface area contributed by atoms with E-state index < -0.39 is 0 Å². The summed E-state index contributed by atoms with van der Waals surface area (Å²) in [6, 6.07) is 16.3. The first-order chi connectivity index (χ1) is 13.2. The number of aromatic nitrogens is 2. The molecule has 1 aromatic heterocycles. The average molecular weight is 363 g/mol. The number of benzene rings is 2. The quantitative estimate of drug-likeness (QED) is 0.752. The van der Waals surface area contributed by atoms with Gasteiger partial charge in [0, 0.05) is 38.1 Å². The van der Waals surface area contributed by atoms with Gasteiger partial charge in [-0.15, -0.1) is 0 Å². The van der Waals surface area contributed by atoms with E-state index in [-0.39, 0.29) is 0 Å². The maximum absolute atomic E-state index is 5.56. The number of hydrogen-bond acceptors (Lipinski definition) is 6. The summed E-state index contributed by atoms with van der Waals surface area (Å²) < 4.78 is 5.56. The molecule has 140 valence electrons. The molecule has 0 unspecified atom stereocenters. The molecule has 27 heavy (non-hydrogen) atoms. The summed E-state index contributed by atoms with van der Waals surface area (Å²) in [4.78, 5) is 14.3. The van der Waals surface area contributed by atoms with Crippen LogP contribution in [-0.4, -0.2) is 55.2 Å². The highest BCUT2D eigenvalue weighted by Crippen LogP contribution is 2.30. The molecule has 1 saturated heterocycles. The van der Waals surface area contributed by atoms with Crippen molar-refractivity contribution in [3.05, 3.63) is 54.1 Å². The van der Waals surface area contributed by atoms with E-state index in [0.29, 0.717) is 6.54 Å². The zero-order chi connectivity index (χ0) is 18.6. The van der Waals surface area contributed by atoms with Crippen LogP contribution in [-0.2, 0) is 6.54 Å². The lowest BCUT2D eigenvalue weighted by atomic mass is 10.2. The van der Waals surface area contributed by atoms with E-state index in [2.05, 4.69) is 34.3 Å². The van der Waals surface area contributed by atoms with Gasteiger partial charge >= 0.3 is 0 Å². The third-order valence-corrected chi connectivity index (χ3v) is 4.99. The van der Waals surface area contributed by atoms with Gasteiger partial charge in [0.2, 0.25) is 5.95 Å². The van der Waals surface area contributed by atoms with Crippen molar-refractivity contribution in [2.45, 2.75) is 6.54 Å². The zero-order valence-corrected chi connectivity index (χ0v) is 15.9. The second kappa shape index (κ2) is 7.80. The van der Waals surface area contributed by atoms with Crippen molar-refractivity contribution in [1.82, 2.24) is 14.9 Å². The topological polar surface area (TPSA) is 53.5 Å². The molecule has 0 radical (unpaired) electrons. The van der Waals surface area contributed by atoms with Crippen molar-refractivity contribution in [3.63, 3.8) is 0 Å². The van der Waals surface area contributed by atoms with Gasteiger partial charge in [0.1, 0.15) is 17.1 Å². The Bertz CT molecular complexity index is 907. The van der Waals surface area contributed by atoms with Crippen molar-refractivity contribution in [2.24, 2.45) is 0 Å². The number of methoxy groups -OCH3 is 1. The van der Waals surface area contributed by atoms with E-state index in [4.69, 9.17) is 14.7 Å². The number of hydrogen-bond donors (Lipinski definition) is 1. The van der Waals surface area contributed by atoms with Crippen LogP contribution in [0.3, 0.4) is 0 Å². The highest BCUT2D eigenvalue weighted by molar-refractivity contribution is 5.94. The lowest BCUT2D eigenvalue weighted by Gasteiger charge is -2.32. The molecule has 0 spiro atoms. The highest BCUT2D eigenvalue weighted by atomic mass is 16.5. The Balaban J connectivity index is 1.71. The average Bonchev–Trinajstić information content (AvgIpc) is 2.72. The Morgan fingerprint density at radius 1 is 0.963 bits per heavy atom. The highest BCUT2D eigenvalue weighted by Gasteiger charge is 2.19. The van der Waals surface area contributed by atoms with E-state index in [1.807, 2.05) is 36.4 Å². The molecule has 0 bridgehead atoms. The van der Waals surface area contributed by atoms with Gasteiger partial charge in [-0.3, -0.25) is 0 Å². The third-order valence-electron chi connectivity index (χ3n) is 4.99. The number of likely N-dealkylation sites (N-methyl/N-ethyl adjacent to an activating group) is 1. The third kappa shape index (κ3) is 3.80. The molecular weight excluding hydrogens is 338 g/mol. The lowest BCUT2D eigenvalue weighted by molar-refractivity contribution is 0.311. The van der Waals surface area contributed by atoms with Crippen LogP contribution in [0, 0.1) is 0 Å². The van der Waals surface area contributed by atoms with Gasteiger partial charge in [0.25, 0.3) is 0 Å². The maximum atomic E-state index is 5.56. The summed E-state index contributed by atoms with van der Waals surface area (Å²) >= 11 is 0. The Morgan fingerprint density at radius 3 is 2.48 bits per heavy atom. The molecule has 4 rings (SSSR count). The van der Waals surface area contributed by atoms with Crippen LogP contribution in [0.2, 0.25) is 0 Å². The molecule has 1 N–H and O–H groups in total. The molecular formula is C21H25N5O. The molecule has 1 fully saturated rings. The van der Waals surface area contributed by atoms with Gasteiger partial charge in [-0.2, -0.15) is 4.98 Å². The number of anilines is 2. The number of nitrogens with one attached hydrogen (secondary N) is 1. The van der Waals surface area contributed by atoms with Gasteiger partial charge in [0.15, 0.2) is 0 Å². The molecule has 0 amide bonds. The predicted molar refractivity (Wildman–Crippen MR) is 110 cm³/mol. The van der Waals surface area contributed by atoms with E-state index in [1.54, 1.807) is 7.11 Å². The minimum absolute atomic E-state index is 0.715. The van der Waals surface area contributed by atoms with Crippen LogP contribution < -0.4 is 15.0 Å². The van der Waals surface area contributed by atoms with Crippen molar-refractivity contribution in [3.8, 4) is 5.75 Å². The van der Waals surface area contributed by atoms with E-state index in [0.717, 1.165) is 54.6 Å². The molecule has 0 aliphatic carbocycles. The number of nitrogens with zero attached hydrogens (tertiary/aromatic N) is 4. The molecule has 0 atom stereocenters. The summed E-state index contributed by atoms with van der Waals surface area (Å²) in [7, 11) is 3.83. The van der Waals surface area contributed by atoms with Gasteiger partial charge in [-0.1, -0.05) is 36.4 Å². The second-order valence-electron chi connectivity index (χ2n) is 6.86. The summed E-state index contributed by atoms with van der Waals surface area (Å²) in [5, 5.41) is 4.47. The SMILES string of the molecule is COc1cccc2c(NCc3ccccc3)nc(N3CCN(C)CC3)nc12. The summed E-state index contributed by atoms with van der Waals surface area (Å²) in [5.74, 6) is 2.38. The maximum Gasteiger partial charge on any atom is 0.228 e. The molecule has 1 aliphatic heterocycles. The normalized spacial score (nSPS) is 15.1. The fourth-order valence-corrected chi connectivity index (χ4v) is 3.34. The number of para-hydroxylation sites is 1. The molecule has 0 saturated carbocycles. The summed E-state index contributed by atoms with van der Waals surface area (Å²) in [6.07, 6.45) is 0. The van der Waals surface area contributed by atoms with Crippen molar-refractivity contribution >= 4 is 22.7 Å². The van der Waals surface area contributed by atoms with Gasteiger partial charge in [0.05, 0.1) is 7.11 Å². The monoisotopic (exact) mass is 363 g/mol. The van der Waals surface area contributed by atoms with E-state index >= 15 is 0 Å². The number of fused-ring (bicyclic) bond motifs is 1. The van der Waals surface area contributed by atoms with Crippen LogP contribution in [0.4, 0.5) is 11.8 Å². The minimum Gasteiger partial charge on any atom is -0.494 e. The van der Waals surface area contributed by atoms with Gasteiger partial charge in [-0.25, -0.2) is 4.98 Å². The lowest BCUT2D eigenvalue weighted by Crippen LogP contribution is -2.45. The summed E-state index contributed by atoms with van der Waals surface area (Å²) in [5.41, 5.74) is 2.06. The molecule has 1 aliphatic rings. The molecule has 6 nitrogen and oxygen atoms in total. The molecule has 2 heterocycles. The van der Waals surface area contributed by atoms with Crippen molar-refractivity contribution < 1.29 is 4.74 Å². The van der Waals surface area contributed by atoms with Crippen LogP contribution in [0.25, 0.3) is 10.9 Å². The zero-order valence-electron chi connectivity index (χ0n) is 15.9.